The number of halogens is 2. The summed E-state index contributed by atoms with van der Waals surface area (Å²) in [6, 6.07) is 12.1. The van der Waals surface area contributed by atoms with Crippen LogP contribution in [-0.2, 0) is 14.3 Å². The fraction of sp³-hybridized carbons (Fsp3) is 0.556. The Kier molecular flexibility index (Phi) is 11.1. The van der Waals surface area contributed by atoms with Gasteiger partial charge in [-0.05, 0) is 98.6 Å². The van der Waals surface area contributed by atoms with Gasteiger partial charge in [-0.25, -0.2) is 0 Å². The highest BCUT2D eigenvalue weighted by atomic mass is 35.5. The van der Waals surface area contributed by atoms with E-state index in [1.165, 1.54) is 7.11 Å². The number of nitrogens with one attached hydrogen (secondary N) is 1. The largest absolute Gasteiger partial charge is 0.469 e. The van der Waals surface area contributed by atoms with Crippen molar-refractivity contribution in [3.63, 3.8) is 0 Å². The van der Waals surface area contributed by atoms with E-state index in [2.05, 4.69) is 39.9 Å². The molecular weight excluding hydrogens is 609 g/mol. The zero-order valence-electron chi connectivity index (χ0n) is 27.6. The maximum absolute atomic E-state index is 14.6. The van der Waals surface area contributed by atoms with Gasteiger partial charge < -0.3 is 15.0 Å². The van der Waals surface area contributed by atoms with Crippen molar-refractivity contribution in [2.45, 2.75) is 104 Å². The van der Waals surface area contributed by atoms with Gasteiger partial charge in [0.05, 0.1) is 19.6 Å². The van der Waals surface area contributed by atoms with E-state index in [1.807, 2.05) is 17.0 Å². The lowest BCUT2D eigenvalue weighted by Crippen LogP contribution is -2.51. The van der Waals surface area contributed by atoms with Crippen molar-refractivity contribution in [2.75, 3.05) is 7.11 Å². The highest BCUT2D eigenvalue weighted by Gasteiger charge is 2.52. The first kappa shape index (κ1) is 35.0. The molecule has 4 rings (SSSR count). The normalized spacial score (nSPS) is 21.6. The predicted molar refractivity (Wildman–Crippen MR) is 181 cm³/mol. The molecule has 1 aliphatic heterocycles. The molecular formula is C36H47Cl2N3O4. The van der Waals surface area contributed by atoms with Crippen molar-refractivity contribution >= 4 is 46.7 Å². The summed E-state index contributed by atoms with van der Waals surface area (Å²) in [5.74, 6) is 0.206. The molecule has 0 aromatic heterocycles. The second-order valence-electron chi connectivity index (χ2n) is 14.2. The molecule has 2 atom stereocenters. The Morgan fingerprint density at radius 1 is 1.02 bits per heavy atom. The minimum atomic E-state index is -0.677. The molecule has 2 aromatic rings. The zero-order valence-corrected chi connectivity index (χ0v) is 29.1. The average molecular weight is 657 g/mol. The summed E-state index contributed by atoms with van der Waals surface area (Å²) in [5.41, 5.74) is 1.97. The van der Waals surface area contributed by atoms with Crippen LogP contribution in [0.15, 0.2) is 47.5 Å². The maximum Gasteiger partial charge on any atom is 0.307 e. The Hall–Kier alpha value is -2.90. The monoisotopic (exact) mass is 655 g/mol. The molecule has 1 fully saturated rings. The Labute approximate surface area is 278 Å². The zero-order chi connectivity index (χ0) is 33.1. The number of esters is 1. The van der Waals surface area contributed by atoms with Crippen LogP contribution in [0.2, 0.25) is 10.0 Å². The second kappa shape index (κ2) is 14.3. The third-order valence-electron chi connectivity index (χ3n) is 9.30. The molecule has 1 spiro atoms. The number of carbonyl (C=O) groups is 3. The summed E-state index contributed by atoms with van der Waals surface area (Å²) in [5, 5.41) is 3.79. The number of hydrogen-bond donors (Lipinski definition) is 1. The van der Waals surface area contributed by atoms with Gasteiger partial charge in [0.25, 0.3) is 11.8 Å². The van der Waals surface area contributed by atoms with Gasteiger partial charge in [-0.1, -0.05) is 70.0 Å². The Bertz CT molecular complexity index is 1400. The van der Waals surface area contributed by atoms with E-state index in [-0.39, 0.29) is 41.7 Å². The van der Waals surface area contributed by atoms with E-state index < -0.39 is 5.66 Å². The van der Waals surface area contributed by atoms with Crippen molar-refractivity contribution in [3.8, 4) is 0 Å². The molecule has 2 aliphatic rings. The van der Waals surface area contributed by atoms with E-state index in [4.69, 9.17) is 32.9 Å². The standard InChI is InChI=1S/C36H47Cl2N3O4/c1-22(2)8-13-30(24-9-11-25(12-10-24)33(43)39-23(3)18-31(42)45-7)41-34(44)32(26-19-28(37)21-29(38)20-26)40-36(41)16-14-27(15-17-36)35(4,5)6/h9-12,19-23,27,30H,8,13-18H2,1-7H3,(H,39,43)/t23-,27?,30?,36?/m1/s1. The molecule has 1 saturated carbocycles. The summed E-state index contributed by atoms with van der Waals surface area (Å²) in [4.78, 5) is 46.5. The number of amides is 2. The van der Waals surface area contributed by atoms with Gasteiger partial charge >= 0.3 is 5.97 Å². The Morgan fingerprint density at radius 2 is 1.62 bits per heavy atom. The first-order chi connectivity index (χ1) is 21.1. The van der Waals surface area contributed by atoms with Gasteiger partial charge in [0.2, 0.25) is 0 Å². The van der Waals surface area contributed by atoms with Crippen LogP contribution in [0.5, 0.6) is 0 Å². The molecule has 1 unspecified atom stereocenters. The topological polar surface area (TPSA) is 88.1 Å². The van der Waals surface area contributed by atoms with Gasteiger partial charge in [0.1, 0.15) is 11.4 Å². The molecule has 9 heteroatoms. The summed E-state index contributed by atoms with van der Waals surface area (Å²) >= 11 is 12.8. The number of methoxy groups -OCH3 is 1. The number of hydrogen-bond acceptors (Lipinski definition) is 5. The lowest BCUT2D eigenvalue weighted by molar-refractivity contribution is -0.141. The van der Waals surface area contributed by atoms with E-state index in [9.17, 15) is 14.4 Å². The van der Waals surface area contributed by atoms with Crippen molar-refractivity contribution < 1.29 is 19.1 Å². The molecule has 2 aromatic carbocycles. The molecule has 244 valence electrons. The SMILES string of the molecule is COC(=O)C[C@@H](C)NC(=O)c1ccc(C(CCC(C)C)N2C(=O)C(c3cc(Cl)cc(Cl)c3)=NC23CCC(C(C)(C)C)CC3)cc1. The van der Waals surface area contributed by atoms with Crippen LogP contribution in [-0.4, -0.2) is 47.2 Å². The first-order valence-corrected chi connectivity index (χ1v) is 16.8. The first-order valence-electron chi connectivity index (χ1n) is 16.0. The van der Waals surface area contributed by atoms with Crippen LogP contribution in [0.4, 0.5) is 0 Å². The lowest BCUT2D eigenvalue weighted by atomic mass is 9.69. The number of benzene rings is 2. The summed E-state index contributed by atoms with van der Waals surface area (Å²) in [6.45, 7) is 13.0. The molecule has 7 nitrogen and oxygen atoms in total. The van der Waals surface area contributed by atoms with E-state index >= 15 is 0 Å². The van der Waals surface area contributed by atoms with Crippen LogP contribution in [0.3, 0.4) is 0 Å². The molecule has 1 N–H and O–H groups in total. The summed E-state index contributed by atoms with van der Waals surface area (Å²) in [6.07, 6.45) is 5.26. The average Bonchev–Trinajstić information content (AvgIpc) is 3.23. The van der Waals surface area contributed by atoms with Crippen molar-refractivity contribution in [2.24, 2.45) is 22.2 Å². The van der Waals surface area contributed by atoms with Crippen LogP contribution in [0, 0.1) is 17.3 Å². The third-order valence-corrected chi connectivity index (χ3v) is 9.74. The number of ether oxygens (including phenoxy) is 1. The third kappa shape index (κ3) is 8.28. The van der Waals surface area contributed by atoms with Crippen molar-refractivity contribution in [3.05, 3.63) is 69.2 Å². The van der Waals surface area contributed by atoms with Crippen LogP contribution < -0.4 is 5.32 Å². The van der Waals surface area contributed by atoms with Crippen molar-refractivity contribution in [1.29, 1.82) is 0 Å². The molecule has 2 amide bonds. The maximum atomic E-state index is 14.6. The highest BCUT2D eigenvalue weighted by Crippen LogP contribution is 2.50. The van der Waals surface area contributed by atoms with Crippen molar-refractivity contribution in [1.82, 2.24) is 10.2 Å². The molecule has 45 heavy (non-hydrogen) atoms. The minimum Gasteiger partial charge on any atom is -0.469 e. The minimum absolute atomic E-state index is 0.0903. The van der Waals surface area contributed by atoms with E-state index in [0.717, 1.165) is 44.1 Å². The lowest BCUT2D eigenvalue weighted by Gasteiger charge is -2.47. The van der Waals surface area contributed by atoms with Gasteiger partial charge in [0.15, 0.2) is 0 Å². The van der Waals surface area contributed by atoms with Gasteiger partial charge in [0, 0.05) is 27.2 Å². The van der Waals surface area contributed by atoms with Gasteiger partial charge in [-0.2, -0.15) is 0 Å². The smallest absolute Gasteiger partial charge is 0.307 e. The molecule has 1 heterocycles. The molecule has 0 bridgehead atoms. The Morgan fingerprint density at radius 3 is 2.16 bits per heavy atom. The van der Waals surface area contributed by atoms with Gasteiger partial charge in [-0.3, -0.25) is 19.4 Å². The fourth-order valence-electron chi connectivity index (χ4n) is 6.71. The quantitative estimate of drug-likeness (QED) is 0.260. The fourth-order valence-corrected chi connectivity index (χ4v) is 7.23. The highest BCUT2D eigenvalue weighted by molar-refractivity contribution is 6.47. The van der Waals surface area contributed by atoms with Crippen LogP contribution >= 0.6 is 23.2 Å². The number of rotatable bonds is 10. The van der Waals surface area contributed by atoms with E-state index in [0.29, 0.717) is 38.7 Å². The molecule has 0 saturated heterocycles. The summed E-state index contributed by atoms with van der Waals surface area (Å²) < 4.78 is 4.72. The van der Waals surface area contributed by atoms with Crippen LogP contribution in [0.1, 0.15) is 114 Å². The molecule has 1 aliphatic carbocycles. The van der Waals surface area contributed by atoms with Crippen LogP contribution in [0.25, 0.3) is 0 Å². The Balaban J connectivity index is 1.71. The number of aliphatic imine (C=N–C) groups is 1. The second-order valence-corrected chi connectivity index (χ2v) is 15.1. The molecule has 0 radical (unpaired) electrons. The van der Waals surface area contributed by atoms with E-state index in [1.54, 1.807) is 37.3 Å². The predicted octanol–water partition coefficient (Wildman–Crippen LogP) is 8.42. The number of carbonyl (C=O) groups excluding carboxylic acids is 3. The van der Waals surface area contributed by atoms with Gasteiger partial charge in [-0.15, -0.1) is 0 Å². The number of nitrogens with zero attached hydrogens (tertiary/aromatic N) is 2. The summed E-state index contributed by atoms with van der Waals surface area (Å²) in [7, 11) is 1.33.